The lowest BCUT2D eigenvalue weighted by molar-refractivity contribution is 0.187. The summed E-state index contributed by atoms with van der Waals surface area (Å²) >= 11 is 0. The van der Waals surface area contributed by atoms with Crippen molar-refractivity contribution in [1.82, 2.24) is 25.4 Å². The number of benzene rings is 1. The van der Waals surface area contributed by atoms with Gasteiger partial charge in [-0.25, -0.2) is 14.1 Å². The second kappa shape index (κ2) is 9.98. The first-order valence-electron chi connectivity index (χ1n) is 8.96. The lowest BCUT2D eigenvalue weighted by Gasteiger charge is -2.25. The van der Waals surface area contributed by atoms with Crippen molar-refractivity contribution in [2.24, 2.45) is 4.99 Å². The van der Waals surface area contributed by atoms with Crippen molar-refractivity contribution in [1.29, 1.82) is 0 Å². The third kappa shape index (κ3) is 5.61. The van der Waals surface area contributed by atoms with Gasteiger partial charge in [-0.15, -0.1) is 24.0 Å². The molecular formula is C18H26FIN6O. The Balaban J connectivity index is 0.00000261. The summed E-state index contributed by atoms with van der Waals surface area (Å²) in [5, 5.41) is 21.3. The molecule has 0 aliphatic carbocycles. The molecule has 2 unspecified atom stereocenters. The van der Waals surface area contributed by atoms with Crippen LogP contribution < -0.4 is 10.6 Å². The normalized spacial score (nSPS) is 17.6. The fourth-order valence-electron chi connectivity index (χ4n) is 3.06. The number of hydrogen-bond donors (Lipinski definition) is 3. The van der Waals surface area contributed by atoms with Gasteiger partial charge in [0.1, 0.15) is 17.5 Å². The number of hydrogen-bond acceptors (Lipinski definition) is 4. The summed E-state index contributed by atoms with van der Waals surface area (Å²) in [7, 11) is 0. The largest absolute Gasteiger partial charge is 0.386 e. The molecule has 1 aromatic heterocycles. The molecule has 0 bridgehead atoms. The molecule has 1 aliphatic heterocycles. The Morgan fingerprint density at radius 1 is 1.41 bits per heavy atom. The molecule has 9 heteroatoms. The van der Waals surface area contributed by atoms with Gasteiger partial charge >= 0.3 is 0 Å². The summed E-state index contributed by atoms with van der Waals surface area (Å²) in [6.45, 7) is 5.64. The first kappa shape index (κ1) is 21.5. The fourth-order valence-corrected chi connectivity index (χ4v) is 3.06. The molecule has 0 amide bonds. The zero-order valence-electron chi connectivity index (χ0n) is 15.5. The van der Waals surface area contributed by atoms with Crippen LogP contribution in [0.2, 0.25) is 0 Å². The predicted octanol–water partition coefficient (Wildman–Crippen LogP) is 2.47. The van der Waals surface area contributed by atoms with Crippen molar-refractivity contribution in [3.63, 3.8) is 0 Å². The van der Waals surface area contributed by atoms with Gasteiger partial charge < -0.3 is 15.7 Å². The Morgan fingerprint density at radius 2 is 2.15 bits per heavy atom. The van der Waals surface area contributed by atoms with Gasteiger partial charge in [-0.2, -0.15) is 5.10 Å². The zero-order chi connectivity index (χ0) is 18.5. The van der Waals surface area contributed by atoms with E-state index in [0.29, 0.717) is 18.1 Å². The quantitative estimate of drug-likeness (QED) is 0.342. The van der Waals surface area contributed by atoms with Crippen LogP contribution in [0.1, 0.15) is 49.1 Å². The van der Waals surface area contributed by atoms with Crippen LogP contribution in [0.5, 0.6) is 0 Å². The maximum Gasteiger partial charge on any atom is 0.191 e. The van der Waals surface area contributed by atoms with Gasteiger partial charge in [0.15, 0.2) is 5.96 Å². The average molecular weight is 488 g/mol. The van der Waals surface area contributed by atoms with Crippen molar-refractivity contribution in [2.75, 3.05) is 13.1 Å². The number of aliphatic hydroxyl groups excluding tert-OH is 1. The van der Waals surface area contributed by atoms with Crippen LogP contribution in [0.15, 0.2) is 29.3 Å². The Labute approximate surface area is 175 Å². The van der Waals surface area contributed by atoms with Crippen LogP contribution in [0, 0.1) is 12.7 Å². The van der Waals surface area contributed by atoms with E-state index in [1.807, 2.05) is 18.5 Å². The molecule has 0 saturated carbocycles. The van der Waals surface area contributed by atoms with Crippen molar-refractivity contribution >= 4 is 29.9 Å². The molecule has 27 heavy (non-hydrogen) atoms. The molecule has 2 heterocycles. The number of nitrogens with zero attached hydrogens (tertiary/aromatic N) is 4. The van der Waals surface area contributed by atoms with Crippen molar-refractivity contribution in [3.8, 4) is 0 Å². The summed E-state index contributed by atoms with van der Waals surface area (Å²) in [5.74, 6) is 1.98. The molecule has 7 nitrogen and oxygen atoms in total. The minimum absolute atomic E-state index is 0. The van der Waals surface area contributed by atoms with Crippen LogP contribution in [0.3, 0.4) is 0 Å². The molecule has 0 fully saturated rings. The molecular weight excluding hydrogens is 462 g/mol. The van der Waals surface area contributed by atoms with Crippen LogP contribution in [-0.4, -0.2) is 38.9 Å². The Bertz CT molecular complexity index is 764. The number of aliphatic imine (C=N–C) groups is 1. The SMILES string of the molecule is CCNC(=NCC(O)c1ccc(F)cc1)NC1CCCn2nc(C)nc21.I. The predicted molar refractivity (Wildman–Crippen MR) is 113 cm³/mol. The van der Waals surface area contributed by atoms with E-state index in [2.05, 4.69) is 25.7 Å². The maximum atomic E-state index is 13.0. The number of aromatic nitrogens is 3. The lowest BCUT2D eigenvalue weighted by atomic mass is 10.1. The molecule has 2 atom stereocenters. The summed E-state index contributed by atoms with van der Waals surface area (Å²) in [6, 6.07) is 5.85. The van der Waals surface area contributed by atoms with E-state index in [9.17, 15) is 9.50 Å². The molecule has 2 aromatic rings. The molecule has 1 aromatic carbocycles. The Morgan fingerprint density at radius 3 is 2.85 bits per heavy atom. The monoisotopic (exact) mass is 488 g/mol. The summed E-state index contributed by atoms with van der Waals surface area (Å²) in [5.41, 5.74) is 0.638. The second-order valence-electron chi connectivity index (χ2n) is 6.37. The van der Waals surface area contributed by atoms with Gasteiger partial charge in [0, 0.05) is 13.1 Å². The third-order valence-corrected chi connectivity index (χ3v) is 4.31. The Hall–Kier alpha value is -1.75. The van der Waals surface area contributed by atoms with Crippen LogP contribution in [0.4, 0.5) is 4.39 Å². The smallest absolute Gasteiger partial charge is 0.191 e. The fraction of sp³-hybridized carbons (Fsp3) is 0.500. The van der Waals surface area contributed by atoms with Gasteiger partial charge in [0.05, 0.1) is 18.7 Å². The number of aryl methyl sites for hydroxylation is 2. The first-order valence-corrected chi connectivity index (χ1v) is 8.96. The van der Waals surface area contributed by atoms with E-state index < -0.39 is 6.10 Å². The van der Waals surface area contributed by atoms with Crippen LogP contribution >= 0.6 is 24.0 Å². The summed E-state index contributed by atoms with van der Waals surface area (Å²) < 4.78 is 14.9. The number of guanidine groups is 1. The van der Waals surface area contributed by atoms with Gasteiger partial charge in [-0.05, 0) is 44.4 Å². The van der Waals surface area contributed by atoms with Crippen molar-refractivity contribution < 1.29 is 9.50 Å². The van der Waals surface area contributed by atoms with Crippen molar-refractivity contribution in [3.05, 3.63) is 47.3 Å². The molecule has 3 rings (SSSR count). The maximum absolute atomic E-state index is 13.0. The zero-order valence-corrected chi connectivity index (χ0v) is 17.9. The molecule has 0 saturated heterocycles. The van der Waals surface area contributed by atoms with Gasteiger partial charge in [0.25, 0.3) is 0 Å². The highest BCUT2D eigenvalue weighted by molar-refractivity contribution is 14.0. The molecule has 3 N–H and O–H groups in total. The minimum atomic E-state index is -0.789. The second-order valence-corrected chi connectivity index (χ2v) is 6.37. The molecule has 148 valence electrons. The number of halogens is 2. The van der Waals surface area contributed by atoms with Gasteiger partial charge in [-0.1, -0.05) is 12.1 Å². The van der Waals surface area contributed by atoms with E-state index in [4.69, 9.17) is 0 Å². The average Bonchev–Trinajstić information content (AvgIpc) is 3.01. The molecule has 0 spiro atoms. The first-order chi connectivity index (χ1) is 12.6. The molecule has 1 aliphatic rings. The van der Waals surface area contributed by atoms with E-state index in [1.165, 1.54) is 12.1 Å². The van der Waals surface area contributed by atoms with E-state index in [1.54, 1.807) is 12.1 Å². The summed E-state index contributed by atoms with van der Waals surface area (Å²) in [6.07, 6.45) is 1.18. The van der Waals surface area contributed by atoms with E-state index >= 15 is 0 Å². The summed E-state index contributed by atoms with van der Waals surface area (Å²) in [4.78, 5) is 9.00. The standard InChI is InChI=1S/C18H25FN6O.HI/c1-3-20-18(21-11-16(26)13-6-8-14(19)9-7-13)23-15-5-4-10-25-17(15)22-12(2)24-25;/h6-9,15-16,26H,3-5,10-11H2,1-2H3,(H2,20,21,23);1H. The number of aliphatic hydroxyl groups is 1. The lowest BCUT2D eigenvalue weighted by Crippen LogP contribution is -2.41. The highest BCUT2D eigenvalue weighted by atomic mass is 127. The highest BCUT2D eigenvalue weighted by Crippen LogP contribution is 2.23. The topological polar surface area (TPSA) is 87.4 Å². The number of nitrogens with one attached hydrogen (secondary N) is 2. The van der Waals surface area contributed by atoms with Crippen LogP contribution in [0.25, 0.3) is 0 Å². The highest BCUT2D eigenvalue weighted by Gasteiger charge is 2.24. The van der Waals surface area contributed by atoms with Crippen molar-refractivity contribution in [2.45, 2.75) is 45.4 Å². The minimum Gasteiger partial charge on any atom is -0.386 e. The molecule has 0 radical (unpaired) electrons. The van der Waals surface area contributed by atoms with Gasteiger partial charge in [0.2, 0.25) is 0 Å². The van der Waals surface area contributed by atoms with Gasteiger partial charge in [-0.3, -0.25) is 4.99 Å². The third-order valence-electron chi connectivity index (χ3n) is 4.31. The van der Waals surface area contributed by atoms with E-state index in [0.717, 1.165) is 31.0 Å². The number of rotatable bonds is 5. The van der Waals surface area contributed by atoms with E-state index in [-0.39, 0.29) is 42.4 Å². The Kier molecular flexibility index (Phi) is 7.96. The number of fused-ring (bicyclic) bond motifs is 1. The van der Waals surface area contributed by atoms with Crippen LogP contribution in [-0.2, 0) is 6.54 Å².